The third-order valence-electron chi connectivity index (χ3n) is 9.98. The summed E-state index contributed by atoms with van der Waals surface area (Å²) >= 11 is 16.8. The Morgan fingerprint density at radius 3 is 1.74 bits per heavy atom. The Labute approximate surface area is 344 Å². The zero-order valence-corrected chi connectivity index (χ0v) is 33.6. The van der Waals surface area contributed by atoms with Crippen molar-refractivity contribution in [3.8, 4) is 29.1 Å². The molecule has 57 heavy (non-hydrogen) atoms. The second kappa shape index (κ2) is 18.1. The zero-order valence-electron chi connectivity index (χ0n) is 31.3. The molecule has 2 saturated carbocycles. The van der Waals surface area contributed by atoms with Crippen LogP contribution >= 0.6 is 34.8 Å². The summed E-state index contributed by atoms with van der Waals surface area (Å²) in [5, 5.41) is 8.23. The molecule has 4 aromatic carbocycles. The number of rotatable bonds is 12. The summed E-state index contributed by atoms with van der Waals surface area (Å²) in [7, 11) is 0. The highest BCUT2D eigenvalue weighted by atomic mass is 35.5. The maximum Gasteiger partial charge on any atom is 0.426 e. The van der Waals surface area contributed by atoms with Gasteiger partial charge < -0.3 is 18.9 Å². The highest BCUT2D eigenvalue weighted by Crippen LogP contribution is 2.61. The van der Waals surface area contributed by atoms with E-state index in [0.717, 1.165) is 17.4 Å². The molecule has 2 aliphatic rings. The number of alkyl halides is 3. The molecule has 2 aliphatic carbocycles. The third kappa shape index (κ3) is 11.3. The number of hydrogen-bond acceptors (Lipinski definition) is 7. The van der Waals surface area contributed by atoms with E-state index in [9.17, 15) is 28.0 Å². The van der Waals surface area contributed by atoms with Gasteiger partial charge in [0.1, 0.15) is 45.2 Å². The smallest absolute Gasteiger partial charge is 0.426 e. The number of carbonyl (C=O) groups excluding carboxylic acids is 2. The molecule has 0 radical (unpaired) electrons. The van der Waals surface area contributed by atoms with E-state index in [1.54, 1.807) is 56.3 Å². The summed E-state index contributed by atoms with van der Waals surface area (Å²) in [6.07, 6.45) is -3.36. The van der Waals surface area contributed by atoms with Gasteiger partial charge >= 0.3 is 18.1 Å². The molecule has 0 spiro atoms. The summed E-state index contributed by atoms with van der Waals surface area (Å²) in [6.45, 7) is 7.51. The number of nitriles is 1. The normalized spacial score (nSPS) is 20.6. The molecule has 4 aromatic rings. The molecule has 7 nitrogen and oxygen atoms in total. The second-order valence-electron chi connectivity index (χ2n) is 14.7. The first-order valence-electron chi connectivity index (χ1n) is 17.8. The number of halogens is 6. The van der Waals surface area contributed by atoms with Crippen molar-refractivity contribution in [3.63, 3.8) is 0 Å². The molecule has 0 heterocycles. The Kier molecular flexibility index (Phi) is 13.7. The molecule has 6 rings (SSSR count). The number of allylic oxidation sites excluding steroid dienone is 3. The fraction of sp³-hybridized carbons (Fsp3) is 0.295. The summed E-state index contributed by atoms with van der Waals surface area (Å²) in [6, 6.07) is 34.5. The maximum atomic E-state index is 12.7. The van der Waals surface area contributed by atoms with Crippen LogP contribution in [-0.2, 0) is 25.7 Å². The first kappa shape index (κ1) is 43.2. The molecule has 0 saturated heterocycles. The maximum absolute atomic E-state index is 12.7. The van der Waals surface area contributed by atoms with Crippen molar-refractivity contribution < 1.29 is 41.7 Å². The van der Waals surface area contributed by atoms with Gasteiger partial charge in [-0.05, 0) is 82.8 Å². The largest absolute Gasteiger partial charge is 0.461 e. The van der Waals surface area contributed by atoms with Gasteiger partial charge in [0.05, 0.1) is 11.8 Å². The van der Waals surface area contributed by atoms with Gasteiger partial charge in [-0.1, -0.05) is 129 Å². The van der Waals surface area contributed by atoms with Crippen LogP contribution in [0.2, 0.25) is 0 Å². The fourth-order valence-corrected chi connectivity index (χ4v) is 6.96. The van der Waals surface area contributed by atoms with Crippen LogP contribution in [0.15, 0.2) is 131 Å². The van der Waals surface area contributed by atoms with E-state index in [4.69, 9.17) is 53.8 Å². The molecule has 0 N–H and O–H groups in total. The van der Waals surface area contributed by atoms with Crippen molar-refractivity contribution in [2.45, 2.75) is 46.6 Å². The average Bonchev–Trinajstić information content (AvgIpc) is 3.93. The summed E-state index contributed by atoms with van der Waals surface area (Å²) < 4.78 is 60.7. The highest BCUT2D eigenvalue weighted by molar-refractivity contribution is 6.55. The van der Waals surface area contributed by atoms with Crippen LogP contribution in [-0.4, -0.2) is 18.1 Å². The van der Waals surface area contributed by atoms with E-state index in [-0.39, 0.29) is 34.3 Å². The van der Waals surface area contributed by atoms with E-state index in [0.29, 0.717) is 22.8 Å². The van der Waals surface area contributed by atoms with Crippen LogP contribution in [0.1, 0.15) is 44.9 Å². The number of ether oxygens (including phenoxy) is 4. The van der Waals surface area contributed by atoms with Crippen LogP contribution in [0.5, 0.6) is 23.0 Å². The molecule has 0 bridgehead atoms. The Balaban J connectivity index is 0.000000221. The van der Waals surface area contributed by atoms with Crippen LogP contribution in [0.3, 0.4) is 0 Å². The lowest BCUT2D eigenvalue weighted by molar-refractivity contribution is -0.149. The quantitative estimate of drug-likeness (QED) is 0.131. The lowest BCUT2D eigenvalue weighted by Crippen LogP contribution is -2.14. The Morgan fingerprint density at radius 2 is 1.21 bits per heavy atom. The molecule has 13 heteroatoms. The van der Waals surface area contributed by atoms with Crippen molar-refractivity contribution in [2.24, 2.45) is 34.5 Å². The van der Waals surface area contributed by atoms with E-state index < -0.39 is 40.5 Å². The lowest BCUT2D eigenvalue weighted by Gasteiger charge is -2.13. The number of benzene rings is 4. The minimum absolute atomic E-state index is 0.00717. The summed E-state index contributed by atoms with van der Waals surface area (Å²) in [4.78, 5) is 25.0. The molecule has 298 valence electrons. The number of nitrogens with zero attached hydrogens (tertiary/aromatic N) is 1. The van der Waals surface area contributed by atoms with E-state index in [1.165, 1.54) is 0 Å². The van der Waals surface area contributed by atoms with Crippen molar-refractivity contribution in [1.29, 1.82) is 5.26 Å². The van der Waals surface area contributed by atoms with E-state index >= 15 is 0 Å². The number of hydrogen-bond donors (Lipinski definition) is 0. The fourth-order valence-electron chi connectivity index (χ4n) is 6.56. The van der Waals surface area contributed by atoms with Crippen molar-refractivity contribution >= 4 is 46.7 Å². The molecular weight excluding hydrogens is 802 g/mol. The summed E-state index contributed by atoms with van der Waals surface area (Å²) in [5.41, 5.74) is 0.307. The van der Waals surface area contributed by atoms with Gasteiger partial charge in [0, 0.05) is 5.56 Å². The van der Waals surface area contributed by atoms with Crippen LogP contribution in [0.4, 0.5) is 13.2 Å². The van der Waals surface area contributed by atoms with Crippen molar-refractivity contribution in [3.05, 3.63) is 142 Å². The van der Waals surface area contributed by atoms with Crippen LogP contribution in [0, 0.1) is 45.8 Å². The molecule has 0 aliphatic heterocycles. The number of carbonyl (C=O) groups is 2. The van der Waals surface area contributed by atoms with Crippen LogP contribution in [0.25, 0.3) is 0 Å². The van der Waals surface area contributed by atoms with Gasteiger partial charge in [-0.25, -0.2) is 0 Å². The number of para-hydroxylation sites is 2. The Hall–Kier alpha value is -4.95. The predicted octanol–water partition coefficient (Wildman–Crippen LogP) is 12.7. The van der Waals surface area contributed by atoms with Gasteiger partial charge in [0.25, 0.3) is 0 Å². The molecule has 2 unspecified atom stereocenters. The number of esters is 2. The van der Waals surface area contributed by atoms with Crippen molar-refractivity contribution in [1.82, 2.24) is 0 Å². The predicted molar refractivity (Wildman–Crippen MR) is 211 cm³/mol. The highest BCUT2D eigenvalue weighted by Gasteiger charge is 2.63. The third-order valence-corrected chi connectivity index (χ3v) is 10.6. The Bertz CT molecular complexity index is 2150. The van der Waals surface area contributed by atoms with Gasteiger partial charge in [-0.15, -0.1) is 0 Å². The molecule has 0 amide bonds. The standard InChI is InChI=1S/C23H19ClF3NO3.C21H20Cl2O3/c1-22(2)17(12-19(24)23(25,26)27)20(22)21(29)31-18(13-28)14-7-6-10-16(11-14)30-15-8-4-3-5-9-15;1-21(2)17(12-18(22)23)19(21)20(24)25-13-14-7-6-10-16(11-14)26-15-8-4-3-5-9-15/h3-12,17-18,20H,1-2H3;3-12,17,19H,13H2,1-2H3/b19-12-;/t17-,18+,20-;/m0./s1. The molecule has 2 fully saturated rings. The molecule has 5 atom stereocenters. The molecule has 0 aromatic heterocycles. The Morgan fingerprint density at radius 1 is 0.719 bits per heavy atom. The minimum atomic E-state index is -4.68. The van der Waals surface area contributed by atoms with Gasteiger partial charge in [-0.2, -0.15) is 18.4 Å². The molecular formula is C44H39Cl3F3NO6. The lowest BCUT2D eigenvalue weighted by atomic mass is 10.1. The zero-order chi connectivity index (χ0) is 41.5. The van der Waals surface area contributed by atoms with Crippen molar-refractivity contribution in [2.75, 3.05) is 0 Å². The van der Waals surface area contributed by atoms with E-state index in [1.807, 2.05) is 92.7 Å². The monoisotopic (exact) mass is 839 g/mol. The van der Waals surface area contributed by atoms with Gasteiger partial charge in [0.2, 0.25) is 6.10 Å². The topological polar surface area (TPSA) is 94.9 Å². The SMILES string of the molecule is CC1(C)C(C=C(Cl)Cl)C1C(=O)OCc1cccc(Oc2ccccc2)c1.CC1(C)[C@H](C(=O)O[C@H](C#N)c2cccc(Oc3ccccc3)c2)[C@@H]1/C=C(\Cl)C(F)(F)F. The minimum Gasteiger partial charge on any atom is -0.461 e. The first-order chi connectivity index (χ1) is 26.9. The van der Waals surface area contributed by atoms with Gasteiger partial charge in [-0.3, -0.25) is 9.59 Å². The van der Waals surface area contributed by atoms with Crippen LogP contribution < -0.4 is 9.47 Å². The summed E-state index contributed by atoms with van der Waals surface area (Å²) in [5.74, 6) is -0.263. The van der Waals surface area contributed by atoms with Gasteiger partial charge in [0.15, 0.2) is 0 Å². The first-order valence-corrected chi connectivity index (χ1v) is 18.9. The average molecular weight is 841 g/mol. The second-order valence-corrected chi connectivity index (χ2v) is 16.1. The van der Waals surface area contributed by atoms with E-state index in [2.05, 4.69) is 0 Å².